The molecule has 1 atom stereocenters. The van der Waals surface area contributed by atoms with Crippen molar-refractivity contribution in [3.63, 3.8) is 0 Å². The number of aryl methyl sites for hydroxylation is 1. The number of rotatable bonds is 5. The summed E-state index contributed by atoms with van der Waals surface area (Å²) in [5, 5.41) is 0.830. The summed E-state index contributed by atoms with van der Waals surface area (Å²) in [5.74, 6) is 0.132. The highest BCUT2D eigenvalue weighted by Gasteiger charge is 2.20. The molecule has 1 unspecified atom stereocenters. The summed E-state index contributed by atoms with van der Waals surface area (Å²) in [6.45, 7) is 0. The van der Waals surface area contributed by atoms with Gasteiger partial charge in [0, 0.05) is 25.6 Å². The third kappa shape index (κ3) is 3.22. The highest BCUT2D eigenvalue weighted by Crippen LogP contribution is 2.29. The Labute approximate surface area is 155 Å². The van der Waals surface area contributed by atoms with Gasteiger partial charge in [-0.15, -0.1) is 0 Å². The molecule has 2 N–H and O–H groups in total. The van der Waals surface area contributed by atoms with Crippen molar-refractivity contribution in [3.8, 4) is 11.6 Å². The Balaban J connectivity index is 1.62. The van der Waals surface area contributed by atoms with Crippen LogP contribution in [0.3, 0.4) is 0 Å². The smallest absolute Gasteiger partial charge is 0.231 e. The monoisotopic (exact) mass is 359 g/mol. The molecule has 134 valence electrons. The minimum Gasteiger partial charge on any atom is -0.438 e. The lowest BCUT2D eigenvalue weighted by atomic mass is 9.91. The molecule has 27 heavy (non-hydrogen) atoms. The lowest BCUT2D eigenvalue weighted by Gasteiger charge is -2.14. The number of hydrogen-bond donors (Lipinski definition) is 1. The molecule has 7 nitrogen and oxygen atoms in total. The van der Waals surface area contributed by atoms with Crippen LogP contribution in [0.5, 0.6) is 11.6 Å². The van der Waals surface area contributed by atoms with Gasteiger partial charge in [-0.1, -0.05) is 12.1 Å². The first-order valence-electron chi connectivity index (χ1n) is 8.36. The van der Waals surface area contributed by atoms with Crippen molar-refractivity contribution in [2.24, 2.45) is 12.8 Å². The van der Waals surface area contributed by atoms with Crippen LogP contribution in [0.25, 0.3) is 11.0 Å². The highest BCUT2D eigenvalue weighted by molar-refractivity contribution is 5.85. The van der Waals surface area contributed by atoms with E-state index in [1.807, 2.05) is 36.0 Å². The Bertz CT molecular complexity index is 1090. The van der Waals surface area contributed by atoms with Gasteiger partial charge >= 0.3 is 0 Å². The van der Waals surface area contributed by atoms with Gasteiger partial charge in [0.05, 0.1) is 11.3 Å². The Morgan fingerprint density at radius 3 is 2.44 bits per heavy atom. The van der Waals surface area contributed by atoms with Crippen LogP contribution in [-0.4, -0.2) is 25.4 Å². The number of carbonyl (C=O) groups excluding carboxylic acids is 1. The SMILES string of the molecule is Cn1ccc2c(Oc3ccc(C(C(N)=O)c4ccncc4)cc3)ncnc21. The van der Waals surface area contributed by atoms with Crippen LogP contribution in [0.15, 0.2) is 67.4 Å². The number of carbonyl (C=O) groups is 1. The van der Waals surface area contributed by atoms with Crippen molar-refractivity contribution in [1.29, 1.82) is 0 Å². The topological polar surface area (TPSA) is 95.9 Å². The van der Waals surface area contributed by atoms with Gasteiger partial charge in [-0.3, -0.25) is 9.78 Å². The number of ether oxygens (including phenoxy) is 1. The summed E-state index contributed by atoms with van der Waals surface area (Å²) >= 11 is 0. The molecular formula is C20H17N5O2. The molecule has 3 heterocycles. The van der Waals surface area contributed by atoms with E-state index >= 15 is 0 Å². The molecule has 0 radical (unpaired) electrons. The van der Waals surface area contributed by atoms with Crippen LogP contribution in [0.1, 0.15) is 17.0 Å². The summed E-state index contributed by atoms with van der Waals surface area (Å²) in [6.07, 6.45) is 6.66. The van der Waals surface area contributed by atoms with E-state index in [1.165, 1.54) is 6.33 Å². The molecule has 0 saturated heterocycles. The van der Waals surface area contributed by atoms with Crippen molar-refractivity contribution >= 4 is 16.9 Å². The van der Waals surface area contributed by atoms with E-state index in [4.69, 9.17) is 10.5 Å². The van der Waals surface area contributed by atoms with Crippen LogP contribution in [0.2, 0.25) is 0 Å². The summed E-state index contributed by atoms with van der Waals surface area (Å²) in [6, 6.07) is 12.7. The number of amides is 1. The third-order valence-electron chi connectivity index (χ3n) is 4.38. The van der Waals surface area contributed by atoms with E-state index in [2.05, 4.69) is 15.0 Å². The fourth-order valence-corrected chi connectivity index (χ4v) is 3.05. The molecule has 0 fully saturated rings. The van der Waals surface area contributed by atoms with Crippen molar-refractivity contribution in [2.75, 3.05) is 0 Å². The number of primary amides is 1. The largest absolute Gasteiger partial charge is 0.438 e. The molecule has 1 aromatic carbocycles. The molecule has 0 aliphatic rings. The van der Waals surface area contributed by atoms with Gasteiger partial charge in [-0.25, -0.2) is 9.97 Å². The predicted molar refractivity (Wildman–Crippen MR) is 100 cm³/mol. The molecule has 3 aromatic heterocycles. The van der Waals surface area contributed by atoms with E-state index in [0.29, 0.717) is 11.6 Å². The first-order chi connectivity index (χ1) is 13.1. The molecule has 7 heteroatoms. The number of benzene rings is 1. The zero-order chi connectivity index (χ0) is 18.8. The first kappa shape index (κ1) is 16.7. The molecule has 1 amide bonds. The molecule has 4 rings (SSSR count). The number of nitrogens with two attached hydrogens (primary N) is 1. The molecule has 0 aliphatic carbocycles. The van der Waals surface area contributed by atoms with Crippen molar-refractivity contribution < 1.29 is 9.53 Å². The molecule has 0 spiro atoms. The van der Waals surface area contributed by atoms with Crippen LogP contribution >= 0.6 is 0 Å². The average Bonchev–Trinajstić information content (AvgIpc) is 3.06. The van der Waals surface area contributed by atoms with Crippen molar-refractivity contribution in [3.05, 3.63) is 78.5 Å². The summed E-state index contributed by atoms with van der Waals surface area (Å²) in [5.41, 5.74) is 8.00. The van der Waals surface area contributed by atoms with Crippen molar-refractivity contribution in [1.82, 2.24) is 19.5 Å². The second kappa shape index (κ2) is 6.87. The van der Waals surface area contributed by atoms with Gasteiger partial charge in [-0.2, -0.15) is 0 Å². The lowest BCUT2D eigenvalue weighted by Crippen LogP contribution is -2.22. The average molecular weight is 359 g/mol. The fraction of sp³-hybridized carbons (Fsp3) is 0.100. The van der Waals surface area contributed by atoms with Crippen LogP contribution in [0.4, 0.5) is 0 Å². The highest BCUT2D eigenvalue weighted by atomic mass is 16.5. The quantitative estimate of drug-likeness (QED) is 0.591. The Morgan fingerprint density at radius 1 is 1.04 bits per heavy atom. The molecule has 0 saturated carbocycles. The maximum absolute atomic E-state index is 12.0. The number of nitrogens with zero attached hydrogens (tertiary/aromatic N) is 4. The minimum absolute atomic E-state index is 0.420. The number of aromatic nitrogens is 4. The molecule has 4 aromatic rings. The van der Waals surface area contributed by atoms with Crippen molar-refractivity contribution in [2.45, 2.75) is 5.92 Å². The van der Waals surface area contributed by atoms with Gasteiger partial charge in [0.25, 0.3) is 0 Å². The maximum Gasteiger partial charge on any atom is 0.231 e. The lowest BCUT2D eigenvalue weighted by molar-refractivity contribution is -0.118. The zero-order valence-electron chi connectivity index (χ0n) is 14.6. The van der Waals surface area contributed by atoms with E-state index < -0.39 is 11.8 Å². The van der Waals surface area contributed by atoms with E-state index in [-0.39, 0.29) is 0 Å². The summed E-state index contributed by atoms with van der Waals surface area (Å²) in [4.78, 5) is 24.4. The predicted octanol–water partition coefficient (Wildman–Crippen LogP) is 2.77. The third-order valence-corrected chi connectivity index (χ3v) is 4.38. The first-order valence-corrected chi connectivity index (χ1v) is 8.36. The second-order valence-electron chi connectivity index (χ2n) is 6.13. The summed E-state index contributed by atoms with van der Waals surface area (Å²) < 4.78 is 7.82. The Kier molecular flexibility index (Phi) is 4.25. The van der Waals surface area contributed by atoms with Gasteiger partial charge in [0.15, 0.2) is 0 Å². The van der Waals surface area contributed by atoms with Gasteiger partial charge in [-0.05, 0) is 41.5 Å². The van der Waals surface area contributed by atoms with E-state index in [0.717, 1.165) is 22.2 Å². The Hall–Kier alpha value is -3.74. The maximum atomic E-state index is 12.0. The molecule has 0 aliphatic heterocycles. The van der Waals surface area contributed by atoms with Gasteiger partial charge < -0.3 is 15.0 Å². The van der Waals surface area contributed by atoms with E-state index in [9.17, 15) is 4.79 Å². The fourth-order valence-electron chi connectivity index (χ4n) is 3.05. The molecule has 0 bridgehead atoms. The zero-order valence-corrected chi connectivity index (χ0v) is 14.6. The molecular weight excluding hydrogens is 342 g/mol. The Morgan fingerprint density at radius 2 is 1.74 bits per heavy atom. The van der Waals surface area contributed by atoms with E-state index in [1.54, 1.807) is 36.7 Å². The van der Waals surface area contributed by atoms with Crippen LogP contribution < -0.4 is 10.5 Å². The summed E-state index contributed by atoms with van der Waals surface area (Å²) in [7, 11) is 1.91. The standard InChI is InChI=1S/C20H17N5O2/c1-25-11-8-16-19(25)23-12-24-20(16)27-15-4-2-13(3-5-15)17(18(21)26)14-6-9-22-10-7-14/h2-12,17H,1H3,(H2,21,26). The van der Waals surface area contributed by atoms with Crippen LogP contribution in [0, 0.1) is 0 Å². The van der Waals surface area contributed by atoms with Gasteiger partial charge in [0.1, 0.15) is 17.7 Å². The number of pyridine rings is 1. The minimum atomic E-state index is -0.540. The second-order valence-corrected chi connectivity index (χ2v) is 6.13. The van der Waals surface area contributed by atoms with Gasteiger partial charge in [0.2, 0.25) is 11.8 Å². The van der Waals surface area contributed by atoms with Crippen LogP contribution in [-0.2, 0) is 11.8 Å². The number of hydrogen-bond acceptors (Lipinski definition) is 5. The normalized spacial score (nSPS) is 12.0. The number of fused-ring (bicyclic) bond motifs is 1.